The van der Waals surface area contributed by atoms with Crippen LogP contribution in [-0.4, -0.2) is 22.5 Å². The molecule has 0 atom stereocenters. The molecule has 0 amide bonds. The molecule has 0 spiro atoms. The van der Waals surface area contributed by atoms with Crippen LogP contribution in [0.3, 0.4) is 0 Å². The predicted molar refractivity (Wildman–Crippen MR) is 86.5 cm³/mol. The number of fused-ring (bicyclic) bond motifs is 1. The molecule has 0 aliphatic rings. The fourth-order valence-electron chi connectivity index (χ4n) is 2.13. The van der Waals surface area contributed by atoms with Gasteiger partial charge in [0, 0.05) is 11.2 Å². The van der Waals surface area contributed by atoms with Crippen molar-refractivity contribution in [1.29, 1.82) is 0 Å². The van der Waals surface area contributed by atoms with Crippen LogP contribution in [0.15, 0.2) is 52.8 Å². The molecule has 0 radical (unpaired) electrons. The van der Waals surface area contributed by atoms with Crippen LogP contribution in [0.1, 0.15) is 5.69 Å². The van der Waals surface area contributed by atoms with E-state index < -0.39 is 11.8 Å². The molecule has 24 heavy (non-hydrogen) atoms. The second kappa shape index (κ2) is 6.76. The minimum absolute atomic E-state index is 0.0936. The molecule has 1 aromatic carbocycles. The van der Waals surface area contributed by atoms with E-state index in [9.17, 15) is 9.18 Å². The molecule has 2 heterocycles. The van der Waals surface area contributed by atoms with Gasteiger partial charge in [0.1, 0.15) is 11.5 Å². The lowest BCUT2D eigenvalue weighted by atomic mass is 10.3. The van der Waals surface area contributed by atoms with Crippen LogP contribution in [0.5, 0.6) is 0 Å². The first-order valence-electron chi connectivity index (χ1n) is 6.97. The first kappa shape index (κ1) is 16.1. The number of pyridine rings is 1. The lowest BCUT2D eigenvalue weighted by molar-refractivity contribution is -0.139. The van der Waals surface area contributed by atoms with E-state index in [2.05, 4.69) is 19.9 Å². The Hall–Kier alpha value is -2.80. The number of benzene rings is 1. The third kappa shape index (κ3) is 3.41. The summed E-state index contributed by atoms with van der Waals surface area (Å²) in [7, 11) is 1.28. The van der Waals surface area contributed by atoms with E-state index in [1.807, 2.05) is 0 Å². The summed E-state index contributed by atoms with van der Waals surface area (Å²) in [6, 6.07) is 9.58. The van der Waals surface area contributed by atoms with Crippen LogP contribution >= 0.6 is 11.6 Å². The molecule has 0 aliphatic heterocycles. The normalized spacial score (nSPS) is 11.3. The van der Waals surface area contributed by atoms with E-state index in [0.717, 1.165) is 0 Å². The molecular weight excluding hydrogens is 335 g/mol. The van der Waals surface area contributed by atoms with Gasteiger partial charge in [-0.05, 0) is 30.3 Å². The van der Waals surface area contributed by atoms with Crippen LogP contribution in [0.25, 0.3) is 5.65 Å². The zero-order valence-electron chi connectivity index (χ0n) is 12.6. The number of hydrogen-bond donors (Lipinski definition) is 0. The summed E-state index contributed by atoms with van der Waals surface area (Å²) in [4.78, 5) is 15.8. The average Bonchev–Trinajstić information content (AvgIpc) is 2.89. The third-order valence-electron chi connectivity index (χ3n) is 3.23. The Kier molecular flexibility index (Phi) is 4.52. The summed E-state index contributed by atoms with van der Waals surface area (Å²) in [5, 5.41) is 8.73. The largest absolute Gasteiger partial charge is 0.469 e. The smallest absolute Gasteiger partial charge is 0.311 e. The van der Waals surface area contributed by atoms with E-state index in [1.54, 1.807) is 24.3 Å². The van der Waals surface area contributed by atoms with Crippen LogP contribution < -0.4 is 0 Å². The van der Waals surface area contributed by atoms with Crippen LogP contribution in [0, 0.1) is 5.82 Å². The van der Waals surface area contributed by atoms with Gasteiger partial charge in [-0.25, -0.2) is 9.37 Å². The summed E-state index contributed by atoms with van der Waals surface area (Å²) in [5.74, 6) is -0.670. The van der Waals surface area contributed by atoms with E-state index >= 15 is 0 Å². The van der Waals surface area contributed by atoms with Crippen molar-refractivity contribution in [3.8, 4) is 0 Å². The number of ether oxygens (including phenoxy) is 1. The molecule has 3 aromatic rings. The highest BCUT2D eigenvalue weighted by molar-refractivity contribution is 6.30. The average molecular weight is 347 g/mol. The molecule has 3 rings (SSSR count). The Morgan fingerprint density at radius 1 is 1.33 bits per heavy atom. The molecule has 0 bridgehead atoms. The summed E-state index contributed by atoms with van der Waals surface area (Å²) in [6.07, 6.45) is 1.14. The summed E-state index contributed by atoms with van der Waals surface area (Å²) >= 11 is 5.91. The van der Waals surface area contributed by atoms with Crippen molar-refractivity contribution in [2.75, 3.05) is 7.11 Å². The van der Waals surface area contributed by atoms with Crippen molar-refractivity contribution >= 4 is 34.7 Å². The fourth-order valence-corrected chi connectivity index (χ4v) is 2.32. The number of hydrogen-bond acceptors (Lipinski definition) is 5. The maximum atomic E-state index is 13.5. The standard InChI is InChI=1S/C16H12ClFN4O2/c1-24-15(23)8-13-16(21-20-12-4-2-3-10(17)7-12)22-9-11(18)5-6-14(22)19-13/h2-7,9H,8H2,1H3. The van der Waals surface area contributed by atoms with Gasteiger partial charge in [0.25, 0.3) is 0 Å². The van der Waals surface area contributed by atoms with Gasteiger partial charge in [-0.1, -0.05) is 17.7 Å². The minimum Gasteiger partial charge on any atom is -0.469 e. The molecule has 122 valence electrons. The molecular formula is C16H12ClFN4O2. The monoisotopic (exact) mass is 346 g/mol. The first-order valence-corrected chi connectivity index (χ1v) is 7.35. The fraction of sp³-hybridized carbons (Fsp3) is 0.125. The number of carbonyl (C=O) groups is 1. The van der Waals surface area contributed by atoms with Gasteiger partial charge in [0.2, 0.25) is 0 Å². The predicted octanol–water partition coefficient (Wildman–Crippen LogP) is 4.26. The Labute approximate surface area is 141 Å². The number of rotatable bonds is 4. The SMILES string of the molecule is COC(=O)Cc1nc2ccc(F)cn2c1N=Nc1cccc(Cl)c1. The molecule has 0 saturated heterocycles. The van der Waals surface area contributed by atoms with Gasteiger partial charge in [-0.3, -0.25) is 9.20 Å². The number of halogens is 2. The number of imidazole rings is 1. The molecule has 0 N–H and O–H groups in total. The Balaban J connectivity index is 2.07. The van der Waals surface area contributed by atoms with E-state index in [1.165, 1.54) is 29.8 Å². The van der Waals surface area contributed by atoms with Crippen molar-refractivity contribution in [3.63, 3.8) is 0 Å². The van der Waals surface area contributed by atoms with Gasteiger partial charge in [0.15, 0.2) is 5.82 Å². The lowest BCUT2D eigenvalue weighted by Crippen LogP contribution is -2.04. The Morgan fingerprint density at radius 2 is 2.17 bits per heavy atom. The van der Waals surface area contributed by atoms with Crippen molar-refractivity contribution in [1.82, 2.24) is 9.38 Å². The molecule has 0 fully saturated rings. The molecule has 6 nitrogen and oxygen atoms in total. The van der Waals surface area contributed by atoms with E-state index in [0.29, 0.717) is 22.1 Å². The van der Waals surface area contributed by atoms with E-state index in [-0.39, 0.29) is 12.2 Å². The van der Waals surface area contributed by atoms with Crippen LogP contribution in [0.4, 0.5) is 15.9 Å². The minimum atomic E-state index is -0.474. The molecule has 0 aliphatic carbocycles. The highest BCUT2D eigenvalue weighted by Gasteiger charge is 2.16. The van der Waals surface area contributed by atoms with Gasteiger partial charge in [-0.15, -0.1) is 10.2 Å². The van der Waals surface area contributed by atoms with Crippen molar-refractivity contribution in [2.45, 2.75) is 6.42 Å². The summed E-state index contributed by atoms with van der Waals surface area (Å²) in [6.45, 7) is 0. The van der Waals surface area contributed by atoms with Crippen LogP contribution in [-0.2, 0) is 16.0 Å². The number of nitrogens with zero attached hydrogens (tertiary/aromatic N) is 4. The number of methoxy groups -OCH3 is 1. The number of esters is 1. The van der Waals surface area contributed by atoms with Crippen LogP contribution in [0.2, 0.25) is 5.02 Å². The van der Waals surface area contributed by atoms with Crippen molar-refractivity contribution in [2.24, 2.45) is 10.2 Å². The van der Waals surface area contributed by atoms with Gasteiger partial charge in [-0.2, -0.15) is 0 Å². The Morgan fingerprint density at radius 3 is 2.92 bits per heavy atom. The maximum absolute atomic E-state index is 13.5. The van der Waals surface area contributed by atoms with Gasteiger partial charge >= 0.3 is 5.97 Å². The first-order chi connectivity index (χ1) is 11.6. The number of carbonyl (C=O) groups excluding carboxylic acids is 1. The lowest BCUT2D eigenvalue weighted by Gasteiger charge is -1.99. The third-order valence-corrected chi connectivity index (χ3v) is 3.47. The quantitative estimate of drug-likeness (QED) is 0.523. The molecule has 0 saturated carbocycles. The van der Waals surface area contributed by atoms with Gasteiger partial charge < -0.3 is 4.74 Å². The number of aromatic nitrogens is 2. The number of azo groups is 1. The topological polar surface area (TPSA) is 68.3 Å². The second-order valence-electron chi connectivity index (χ2n) is 4.89. The highest BCUT2D eigenvalue weighted by atomic mass is 35.5. The van der Waals surface area contributed by atoms with Crippen molar-refractivity contribution < 1.29 is 13.9 Å². The highest BCUT2D eigenvalue weighted by Crippen LogP contribution is 2.26. The van der Waals surface area contributed by atoms with E-state index in [4.69, 9.17) is 11.6 Å². The zero-order valence-corrected chi connectivity index (χ0v) is 13.4. The maximum Gasteiger partial charge on any atom is 0.311 e. The zero-order chi connectivity index (χ0) is 17.1. The molecule has 0 unspecified atom stereocenters. The van der Waals surface area contributed by atoms with Crippen molar-refractivity contribution in [3.05, 3.63) is 59.1 Å². The Bertz CT molecular complexity index is 939. The van der Waals surface area contributed by atoms with Gasteiger partial charge in [0.05, 0.1) is 24.9 Å². The summed E-state index contributed by atoms with van der Waals surface area (Å²) in [5.41, 5.74) is 1.33. The second-order valence-corrected chi connectivity index (χ2v) is 5.33. The molecule has 8 heteroatoms. The molecule has 2 aromatic heterocycles. The summed E-state index contributed by atoms with van der Waals surface area (Å²) < 4.78 is 19.6.